The van der Waals surface area contributed by atoms with E-state index < -0.39 is 8.07 Å². The number of benzene rings is 2. The van der Waals surface area contributed by atoms with E-state index in [9.17, 15) is 0 Å². The molecule has 0 aliphatic rings. The molecular weight excluding hydrogens is 897 g/mol. The fraction of sp³-hybridized carbons (Fsp3) is 0.731. The highest BCUT2D eigenvalue weighted by Gasteiger charge is 2.41. The Kier molecular flexibility index (Phi) is 37.6. The molecular formula is C67H110O4Si. The Morgan fingerprint density at radius 2 is 0.583 bits per heavy atom. The van der Waals surface area contributed by atoms with Gasteiger partial charge in [0.1, 0.15) is 19.6 Å². The molecule has 5 heteroatoms. The standard InChI is InChI=1S/C67H110O4Si/c1-12-17-21-25-29-33-37-41-48-68-64-56-63(65(53-60(64)16-5)69-49-42-38-34-30-26-22-18-13-2)46-45-61-54-66(70-50-43-39-35-31-27-23-19-14-3)67(71-51-44-40-36-32-28-24-20-15-4)55-62(61)47-52-72(57(6)7,58(8)9)59(10)11/h5,53-59H,12-15,17-44,48-51H2,1-4,6-11H3. The van der Waals surface area contributed by atoms with Gasteiger partial charge >= 0.3 is 0 Å². The van der Waals surface area contributed by atoms with Crippen LogP contribution in [0, 0.1) is 35.6 Å². The lowest BCUT2D eigenvalue weighted by atomic mass is 10.0. The number of hydrogen-bond donors (Lipinski definition) is 0. The Balaban J connectivity index is 2.66. The molecule has 0 unspecified atom stereocenters. The van der Waals surface area contributed by atoms with Crippen LogP contribution in [-0.2, 0) is 0 Å². The summed E-state index contributed by atoms with van der Waals surface area (Å²) in [5.74, 6) is 16.9. The summed E-state index contributed by atoms with van der Waals surface area (Å²) in [6.45, 7) is 26.0. The Labute approximate surface area is 447 Å². The first-order valence-electron chi connectivity index (χ1n) is 30.5. The van der Waals surface area contributed by atoms with E-state index in [0.717, 1.165) is 66.7 Å². The Morgan fingerprint density at radius 3 is 0.903 bits per heavy atom. The Bertz CT molecular complexity index is 1820. The summed E-state index contributed by atoms with van der Waals surface area (Å²) < 4.78 is 26.5. The molecule has 0 amide bonds. The van der Waals surface area contributed by atoms with Crippen LogP contribution >= 0.6 is 0 Å². The van der Waals surface area contributed by atoms with Gasteiger partial charge < -0.3 is 18.9 Å². The summed E-state index contributed by atoms with van der Waals surface area (Å²) in [6.07, 6.45) is 46.2. The van der Waals surface area contributed by atoms with Crippen LogP contribution in [0.15, 0.2) is 24.3 Å². The van der Waals surface area contributed by atoms with Gasteiger partial charge in [-0.25, -0.2) is 0 Å². The van der Waals surface area contributed by atoms with Crippen molar-refractivity contribution >= 4 is 8.07 Å². The van der Waals surface area contributed by atoms with Crippen molar-refractivity contribution in [2.45, 2.75) is 291 Å². The lowest BCUT2D eigenvalue weighted by Crippen LogP contribution is -2.43. The molecule has 0 heterocycles. The lowest BCUT2D eigenvalue weighted by Gasteiger charge is -2.38. The van der Waals surface area contributed by atoms with E-state index in [1.54, 1.807) is 0 Å². The summed E-state index contributed by atoms with van der Waals surface area (Å²) >= 11 is 0. The maximum absolute atomic E-state index is 6.71. The molecule has 0 spiro atoms. The molecule has 0 bridgehead atoms. The van der Waals surface area contributed by atoms with Crippen LogP contribution in [0.3, 0.4) is 0 Å². The molecule has 2 rings (SSSR count). The zero-order valence-corrected chi connectivity index (χ0v) is 49.7. The van der Waals surface area contributed by atoms with Crippen LogP contribution in [0.4, 0.5) is 0 Å². The average molecular weight is 1010 g/mol. The van der Waals surface area contributed by atoms with E-state index in [4.69, 9.17) is 25.4 Å². The highest BCUT2D eigenvalue weighted by Crippen LogP contribution is 2.41. The van der Waals surface area contributed by atoms with Gasteiger partial charge in [0, 0.05) is 35.4 Å². The number of hydrogen-bond acceptors (Lipinski definition) is 4. The monoisotopic (exact) mass is 1010 g/mol. The third-order valence-corrected chi connectivity index (χ3v) is 21.2. The first-order chi connectivity index (χ1) is 35.1. The van der Waals surface area contributed by atoms with Gasteiger partial charge in [-0.1, -0.05) is 273 Å². The molecule has 0 radical (unpaired) electrons. The maximum atomic E-state index is 6.71. The molecule has 0 saturated carbocycles. The van der Waals surface area contributed by atoms with Crippen LogP contribution in [0.1, 0.15) is 297 Å². The van der Waals surface area contributed by atoms with Crippen LogP contribution in [0.2, 0.25) is 16.6 Å². The molecule has 4 nitrogen and oxygen atoms in total. The normalized spacial score (nSPS) is 11.4. The Morgan fingerprint density at radius 1 is 0.333 bits per heavy atom. The first-order valence-corrected chi connectivity index (χ1v) is 32.7. The topological polar surface area (TPSA) is 36.9 Å². The van der Waals surface area contributed by atoms with Crippen molar-refractivity contribution in [2.24, 2.45) is 0 Å². The molecule has 0 aliphatic heterocycles. The molecule has 0 aromatic heterocycles. The Hall–Kier alpha value is -3.46. The molecule has 2 aromatic carbocycles. The van der Waals surface area contributed by atoms with E-state index in [1.165, 1.54) is 167 Å². The molecule has 72 heavy (non-hydrogen) atoms. The van der Waals surface area contributed by atoms with E-state index in [-0.39, 0.29) is 0 Å². The molecule has 0 saturated heterocycles. The molecule has 0 N–H and O–H groups in total. The number of unbranched alkanes of at least 4 members (excludes halogenated alkanes) is 28. The number of ether oxygens (including phenoxy) is 4. The highest BCUT2D eigenvalue weighted by atomic mass is 28.3. The second-order valence-corrected chi connectivity index (χ2v) is 27.6. The summed E-state index contributed by atoms with van der Waals surface area (Å²) in [5, 5.41) is 0. The van der Waals surface area contributed by atoms with Crippen molar-refractivity contribution < 1.29 is 18.9 Å². The van der Waals surface area contributed by atoms with Gasteiger partial charge in [0.15, 0.2) is 11.5 Å². The average Bonchev–Trinajstić information content (AvgIpc) is 3.36. The van der Waals surface area contributed by atoms with Crippen molar-refractivity contribution in [1.82, 2.24) is 0 Å². The lowest BCUT2D eigenvalue weighted by molar-refractivity contribution is 0.258. The molecule has 2 aromatic rings. The van der Waals surface area contributed by atoms with Crippen molar-refractivity contribution in [2.75, 3.05) is 26.4 Å². The smallest absolute Gasteiger partial charge is 0.162 e. The van der Waals surface area contributed by atoms with Crippen molar-refractivity contribution in [3.05, 3.63) is 46.5 Å². The fourth-order valence-electron chi connectivity index (χ4n) is 10.4. The minimum absolute atomic E-state index is 0.506. The van der Waals surface area contributed by atoms with Crippen LogP contribution in [-0.4, -0.2) is 34.5 Å². The van der Waals surface area contributed by atoms with Crippen LogP contribution in [0.5, 0.6) is 23.0 Å². The van der Waals surface area contributed by atoms with Gasteiger partial charge in [0.2, 0.25) is 0 Å². The van der Waals surface area contributed by atoms with E-state index in [1.807, 2.05) is 12.1 Å². The third-order valence-electron chi connectivity index (χ3n) is 15.0. The van der Waals surface area contributed by atoms with E-state index in [0.29, 0.717) is 60.1 Å². The quantitative estimate of drug-likeness (QED) is 0.0377. The fourth-order valence-corrected chi connectivity index (χ4v) is 15.6. The predicted octanol–water partition coefficient (Wildman–Crippen LogP) is 20.7. The van der Waals surface area contributed by atoms with Crippen LogP contribution in [0.25, 0.3) is 0 Å². The third kappa shape index (κ3) is 26.7. The van der Waals surface area contributed by atoms with Gasteiger partial charge in [-0.3, -0.25) is 0 Å². The number of rotatable bonds is 43. The highest BCUT2D eigenvalue weighted by molar-refractivity contribution is 6.90. The van der Waals surface area contributed by atoms with Crippen molar-refractivity contribution in [3.63, 3.8) is 0 Å². The van der Waals surface area contributed by atoms with Gasteiger partial charge in [-0.05, 0) is 42.3 Å². The van der Waals surface area contributed by atoms with Gasteiger partial charge in [0.05, 0.1) is 37.6 Å². The predicted molar refractivity (Wildman–Crippen MR) is 317 cm³/mol. The van der Waals surface area contributed by atoms with Gasteiger partial charge in [-0.15, -0.1) is 12.0 Å². The second kappa shape index (κ2) is 41.8. The molecule has 0 fully saturated rings. The second-order valence-electron chi connectivity index (χ2n) is 22.0. The maximum Gasteiger partial charge on any atom is 0.162 e. The van der Waals surface area contributed by atoms with Crippen molar-refractivity contribution in [3.8, 4) is 58.6 Å². The zero-order chi connectivity index (χ0) is 52.5. The number of terminal acetylenes is 1. The van der Waals surface area contributed by atoms with E-state index >= 15 is 0 Å². The van der Waals surface area contributed by atoms with Gasteiger partial charge in [-0.2, -0.15) is 0 Å². The minimum Gasteiger partial charge on any atom is -0.492 e. The van der Waals surface area contributed by atoms with Gasteiger partial charge in [0.25, 0.3) is 0 Å². The zero-order valence-electron chi connectivity index (χ0n) is 48.7. The first kappa shape index (κ1) is 64.7. The minimum atomic E-state index is -2.08. The SMILES string of the molecule is C#Cc1cc(OCCCCCCCCCC)c(C#Cc2cc(OCCCCCCCCCC)c(OCCCCCCCCCC)cc2C#C[Si](C(C)C)(C(C)C)C(C)C)cc1OCCCCCCCCCC. The largest absolute Gasteiger partial charge is 0.492 e. The molecule has 0 atom stereocenters. The summed E-state index contributed by atoms with van der Waals surface area (Å²) in [6, 6.07) is 8.26. The van der Waals surface area contributed by atoms with E-state index in [2.05, 4.69) is 111 Å². The summed E-state index contributed by atoms with van der Waals surface area (Å²) in [4.78, 5) is 0. The van der Waals surface area contributed by atoms with Crippen molar-refractivity contribution in [1.29, 1.82) is 0 Å². The summed E-state index contributed by atoms with van der Waals surface area (Å²) in [7, 11) is -2.08. The molecule has 406 valence electrons. The summed E-state index contributed by atoms with van der Waals surface area (Å²) in [5.41, 5.74) is 8.79. The van der Waals surface area contributed by atoms with Crippen LogP contribution < -0.4 is 18.9 Å². The molecule has 0 aliphatic carbocycles.